The molecular weight excluding hydrogens is 262 g/mol. The summed E-state index contributed by atoms with van der Waals surface area (Å²) in [5.41, 5.74) is 0. The third kappa shape index (κ3) is 8.38. The van der Waals surface area contributed by atoms with E-state index < -0.39 is 0 Å². The second kappa shape index (κ2) is 11.2. The van der Waals surface area contributed by atoms with Crippen LogP contribution in [0.3, 0.4) is 0 Å². The molecule has 0 aliphatic heterocycles. The van der Waals surface area contributed by atoms with Crippen LogP contribution in [0.1, 0.15) is 52.9 Å². The maximum Gasteiger partial charge on any atom is 0.191 e. The van der Waals surface area contributed by atoms with Crippen molar-refractivity contribution < 1.29 is 0 Å². The molecule has 5 heteroatoms. The molecule has 1 aromatic heterocycles. The van der Waals surface area contributed by atoms with E-state index in [1.54, 1.807) is 0 Å². The number of aryl methyl sites for hydroxylation is 1. The molecule has 1 atom stereocenters. The van der Waals surface area contributed by atoms with E-state index in [4.69, 9.17) is 0 Å². The lowest BCUT2D eigenvalue weighted by atomic mass is 10.1. The summed E-state index contributed by atoms with van der Waals surface area (Å²) in [6.45, 7) is 9.27. The Morgan fingerprint density at radius 3 is 2.81 bits per heavy atom. The molecule has 1 heterocycles. The molecule has 0 aromatic carbocycles. The van der Waals surface area contributed by atoms with Gasteiger partial charge in [0.15, 0.2) is 5.96 Å². The number of rotatable bonds is 10. The largest absolute Gasteiger partial charge is 0.357 e. The zero-order valence-electron chi connectivity index (χ0n) is 13.8. The normalized spacial score (nSPS) is 13.2. The molecule has 0 saturated carbocycles. The minimum absolute atomic E-state index is 0.475. The van der Waals surface area contributed by atoms with Gasteiger partial charge in [0.25, 0.3) is 0 Å². The zero-order chi connectivity index (χ0) is 15.3. The monoisotopic (exact) mass is 293 g/mol. The summed E-state index contributed by atoms with van der Waals surface area (Å²) in [5.74, 6) is 0.937. The Morgan fingerprint density at radius 2 is 2.14 bits per heavy atom. The van der Waals surface area contributed by atoms with E-state index in [9.17, 15) is 0 Å². The number of guanidine groups is 1. The van der Waals surface area contributed by atoms with Crippen LogP contribution in [-0.4, -0.2) is 34.6 Å². The third-order valence-electron chi connectivity index (χ3n) is 3.37. The van der Waals surface area contributed by atoms with E-state index in [0.29, 0.717) is 6.04 Å². The lowest BCUT2D eigenvalue weighted by molar-refractivity contribution is 0.546. The Labute approximate surface area is 129 Å². The van der Waals surface area contributed by atoms with Crippen molar-refractivity contribution in [1.29, 1.82) is 0 Å². The van der Waals surface area contributed by atoms with Crippen LogP contribution in [-0.2, 0) is 6.54 Å². The van der Waals surface area contributed by atoms with E-state index in [-0.39, 0.29) is 0 Å². The number of hydrogen-bond acceptors (Lipinski definition) is 2. The summed E-state index contributed by atoms with van der Waals surface area (Å²) < 4.78 is 2.09. The number of hydrogen-bond donors (Lipinski definition) is 2. The Balaban J connectivity index is 2.27. The van der Waals surface area contributed by atoms with Gasteiger partial charge in [0, 0.05) is 38.1 Å². The number of imidazole rings is 1. The van der Waals surface area contributed by atoms with Gasteiger partial charge in [0.05, 0.1) is 6.33 Å². The van der Waals surface area contributed by atoms with Crippen LogP contribution in [0.15, 0.2) is 23.7 Å². The summed E-state index contributed by atoms with van der Waals surface area (Å²) in [5, 5.41) is 6.81. The van der Waals surface area contributed by atoms with Gasteiger partial charge >= 0.3 is 0 Å². The SMILES string of the molecule is CCCCCC(C)NC(=NCCCn1ccnc1)NCC. The fourth-order valence-corrected chi connectivity index (χ4v) is 2.19. The highest BCUT2D eigenvalue weighted by molar-refractivity contribution is 5.79. The molecule has 0 amide bonds. The van der Waals surface area contributed by atoms with Gasteiger partial charge in [-0.25, -0.2) is 4.98 Å². The summed E-state index contributed by atoms with van der Waals surface area (Å²) in [6.07, 6.45) is 11.7. The predicted octanol–water partition coefficient (Wildman–Crippen LogP) is 2.80. The second-order valence-corrected chi connectivity index (χ2v) is 5.46. The molecule has 1 unspecified atom stereocenters. The molecule has 0 fully saturated rings. The van der Waals surface area contributed by atoms with Crippen molar-refractivity contribution in [2.75, 3.05) is 13.1 Å². The maximum absolute atomic E-state index is 4.64. The third-order valence-corrected chi connectivity index (χ3v) is 3.37. The molecule has 1 aromatic rings. The number of unbranched alkanes of at least 4 members (excludes halogenated alkanes) is 2. The lowest BCUT2D eigenvalue weighted by Crippen LogP contribution is -2.42. The van der Waals surface area contributed by atoms with Crippen LogP contribution in [0.5, 0.6) is 0 Å². The first-order chi connectivity index (χ1) is 10.3. The molecule has 0 spiro atoms. The Morgan fingerprint density at radius 1 is 1.29 bits per heavy atom. The van der Waals surface area contributed by atoms with E-state index in [1.807, 2.05) is 18.7 Å². The standard InChI is InChI=1S/C16H31N5/c1-4-6-7-9-15(3)20-16(18-5-2)19-10-8-12-21-13-11-17-14-21/h11,13-15H,4-10,12H2,1-3H3,(H2,18,19,20). The van der Waals surface area contributed by atoms with Crippen LogP contribution < -0.4 is 10.6 Å². The van der Waals surface area contributed by atoms with Gasteiger partial charge in [-0.3, -0.25) is 4.99 Å². The molecule has 0 saturated heterocycles. The molecule has 120 valence electrons. The lowest BCUT2D eigenvalue weighted by Gasteiger charge is -2.17. The van der Waals surface area contributed by atoms with E-state index in [2.05, 4.69) is 45.9 Å². The van der Waals surface area contributed by atoms with Crippen molar-refractivity contribution in [1.82, 2.24) is 20.2 Å². The fraction of sp³-hybridized carbons (Fsp3) is 0.750. The van der Waals surface area contributed by atoms with Crippen LogP contribution in [0, 0.1) is 0 Å². The van der Waals surface area contributed by atoms with Crippen molar-refractivity contribution in [3.05, 3.63) is 18.7 Å². The number of aromatic nitrogens is 2. The number of aliphatic imine (C=N–C) groups is 1. The smallest absolute Gasteiger partial charge is 0.191 e. The minimum atomic E-state index is 0.475. The van der Waals surface area contributed by atoms with E-state index in [1.165, 1.54) is 25.7 Å². The van der Waals surface area contributed by atoms with Gasteiger partial charge < -0.3 is 15.2 Å². The van der Waals surface area contributed by atoms with Gasteiger partial charge in [-0.1, -0.05) is 26.2 Å². The van der Waals surface area contributed by atoms with Gasteiger partial charge in [0.1, 0.15) is 0 Å². The van der Waals surface area contributed by atoms with Gasteiger partial charge in [-0.05, 0) is 26.7 Å². The maximum atomic E-state index is 4.64. The topological polar surface area (TPSA) is 54.2 Å². The van der Waals surface area contributed by atoms with Gasteiger partial charge in [-0.2, -0.15) is 0 Å². The van der Waals surface area contributed by atoms with Crippen molar-refractivity contribution in [2.45, 2.75) is 65.5 Å². The highest BCUT2D eigenvalue weighted by atomic mass is 15.2. The van der Waals surface area contributed by atoms with Gasteiger partial charge in [-0.15, -0.1) is 0 Å². The first kappa shape index (κ1) is 17.5. The van der Waals surface area contributed by atoms with Crippen LogP contribution in [0.4, 0.5) is 0 Å². The molecular formula is C16H31N5. The molecule has 1 rings (SSSR count). The highest BCUT2D eigenvalue weighted by Crippen LogP contribution is 2.02. The first-order valence-corrected chi connectivity index (χ1v) is 8.26. The summed E-state index contributed by atoms with van der Waals surface area (Å²) >= 11 is 0. The Hall–Kier alpha value is -1.52. The first-order valence-electron chi connectivity index (χ1n) is 8.26. The number of nitrogens with one attached hydrogen (secondary N) is 2. The summed E-state index contributed by atoms with van der Waals surface area (Å²) in [6, 6.07) is 0.475. The van der Waals surface area contributed by atoms with E-state index in [0.717, 1.165) is 32.0 Å². The Bertz CT molecular complexity index is 372. The average Bonchev–Trinajstić information content (AvgIpc) is 2.97. The minimum Gasteiger partial charge on any atom is -0.357 e. The van der Waals surface area contributed by atoms with Crippen molar-refractivity contribution in [3.63, 3.8) is 0 Å². The van der Waals surface area contributed by atoms with Crippen molar-refractivity contribution in [3.8, 4) is 0 Å². The second-order valence-electron chi connectivity index (χ2n) is 5.46. The van der Waals surface area contributed by atoms with E-state index >= 15 is 0 Å². The highest BCUT2D eigenvalue weighted by Gasteiger charge is 2.04. The van der Waals surface area contributed by atoms with Crippen LogP contribution >= 0.6 is 0 Å². The molecule has 21 heavy (non-hydrogen) atoms. The van der Waals surface area contributed by atoms with Crippen molar-refractivity contribution in [2.24, 2.45) is 4.99 Å². The molecule has 5 nitrogen and oxygen atoms in total. The molecule has 0 aliphatic carbocycles. The predicted molar refractivity (Wildman–Crippen MR) is 89.6 cm³/mol. The summed E-state index contributed by atoms with van der Waals surface area (Å²) in [7, 11) is 0. The summed E-state index contributed by atoms with van der Waals surface area (Å²) in [4.78, 5) is 8.68. The zero-order valence-corrected chi connectivity index (χ0v) is 13.8. The average molecular weight is 293 g/mol. The van der Waals surface area contributed by atoms with Crippen LogP contribution in [0.2, 0.25) is 0 Å². The molecule has 0 aliphatic rings. The molecule has 0 radical (unpaired) electrons. The molecule has 2 N–H and O–H groups in total. The van der Waals surface area contributed by atoms with Crippen LogP contribution in [0.25, 0.3) is 0 Å². The Kier molecular flexibility index (Phi) is 9.33. The number of nitrogens with zero attached hydrogens (tertiary/aromatic N) is 3. The molecule has 0 bridgehead atoms. The van der Waals surface area contributed by atoms with Crippen molar-refractivity contribution >= 4 is 5.96 Å². The quantitative estimate of drug-likeness (QED) is 0.396. The fourth-order valence-electron chi connectivity index (χ4n) is 2.19. The van der Waals surface area contributed by atoms with Gasteiger partial charge in [0.2, 0.25) is 0 Å².